The Bertz CT molecular complexity index is 782. The van der Waals surface area contributed by atoms with Crippen molar-refractivity contribution in [2.45, 2.75) is 0 Å². The highest BCUT2D eigenvalue weighted by Crippen LogP contribution is 2.28. The van der Waals surface area contributed by atoms with E-state index in [1.165, 1.54) is 0 Å². The first-order chi connectivity index (χ1) is 9.54. The molecular weight excluding hydrogens is 387 g/mol. The summed E-state index contributed by atoms with van der Waals surface area (Å²) >= 11 is 8.34. The second-order valence-electron chi connectivity index (χ2n) is 4.64. The molecule has 3 rings (SSSR count). The zero-order chi connectivity index (χ0) is 14.3. The van der Waals surface area contributed by atoms with E-state index in [2.05, 4.69) is 37.5 Å². The zero-order valence-corrected chi connectivity index (χ0v) is 13.9. The summed E-state index contributed by atoms with van der Waals surface area (Å²) in [5, 5.41) is 0.697. The monoisotopic (exact) mass is 398 g/mol. The van der Waals surface area contributed by atoms with Gasteiger partial charge in [0.05, 0.1) is 5.52 Å². The largest absolute Gasteiger partial charge is 0.363 e. The van der Waals surface area contributed by atoms with Crippen molar-refractivity contribution in [3.05, 3.63) is 38.9 Å². The first kappa shape index (κ1) is 13.6. The molecule has 0 amide bonds. The van der Waals surface area contributed by atoms with Crippen molar-refractivity contribution in [2.24, 2.45) is 0 Å². The molecule has 0 aliphatic heterocycles. The number of aromatic nitrogens is 3. The van der Waals surface area contributed by atoms with Gasteiger partial charge in [-0.1, -0.05) is 11.6 Å². The van der Waals surface area contributed by atoms with Gasteiger partial charge in [0.2, 0.25) is 0 Å². The van der Waals surface area contributed by atoms with Crippen LogP contribution < -0.4 is 4.90 Å². The van der Waals surface area contributed by atoms with E-state index in [4.69, 9.17) is 11.6 Å². The lowest BCUT2D eigenvalue weighted by Crippen LogP contribution is -2.10. The molecule has 2 aromatic heterocycles. The van der Waals surface area contributed by atoms with Crippen LogP contribution in [0, 0.1) is 3.57 Å². The molecule has 0 bridgehead atoms. The normalized spacial score (nSPS) is 11.0. The van der Waals surface area contributed by atoms with Crippen molar-refractivity contribution in [3.63, 3.8) is 0 Å². The molecule has 20 heavy (non-hydrogen) atoms. The van der Waals surface area contributed by atoms with E-state index in [0.29, 0.717) is 10.7 Å². The Labute approximate surface area is 135 Å². The van der Waals surface area contributed by atoms with Gasteiger partial charge in [-0.2, -0.15) is 0 Å². The first-order valence-electron chi connectivity index (χ1n) is 6.04. The summed E-state index contributed by atoms with van der Waals surface area (Å²) in [6.45, 7) is 0. The standard InChI is InChI=1S/C14H12ClIN4/c1-20(2)12-6-5-11-14(18-12)19-13(17-11)9-7-8(15)3-4-10(9)16/h3-7H,1-2H3,(H,17,18,19). The molecule has 0 spiro atoms. The number of imidazole rings is 1. The van der Waals surface area contributed by atoms with Crippen LogP contribution in [0.2, 0.25) is 5.02 Å². The summed E-state index contributed by atoms with van der Waals surface area (Å²) in [4.78, 5) is 14.3. The first-order valence-corrected chi connectivity index (χ1v) is 7.50. The Morgan fingerprint density at radius 2 is 1.95 bits per heavy atom. The van der Waals surface area contributed by atoms with E-state index >= 15 is 0 Å². The lowest BCUT2D eigenvalue weighted by Gasteiger charge is -2.09. The van der Waals surface area contributed by atoms with Crippen molar-refractivity contribution < 1.29 is 0 Å². The topological polar surface area (TPSA) is 44.8 Å². The number of H-pyrrole nitrogens is 1. The van der Waals surface area contributed by atoms with Crippen LogP contribution >= 0.6 is 34.2 Å². The average Bonchev–Trinajstić information content (AvgIpc) is 2.83. The van der Waals surface area contributed by atoms with Crippen LogP contribution in [0.3, 0.4) is 0 Å². The fourth-order valence-corrected chi connectivity index (χ4v) is 2.70. The highest BCUT2D eigenvalue weighted by Gasteiger charge is 2.11. The minimum absolute atomic E-state index is 0.697. The molecule has 6 heteroatoms. The number of nitrogens with zero attached hydrogens (tertiary/aromatic N) is 3. The van der Waals surface area contributed by atoms with Crippen LogP contribution in [-0.4, -0.2) is 29.0 Å². The summed E-state index contributed by atoms with van der Waals surface area (Å²) in [6, 6.07) is 9.72. The molecule has 0 aliphatic carbocycles. The van der Waals surface area contributed by atoms with E-state index in [0.717, 1.165) is 26.3 Å². The summed E-state index contributed by atoms with van der Waals surface area (Å²) in [7, 11) is 3.92. The molecular formula is C14H12ClIN4. The van der Waals surface area contributed by atoms with Gasteiger partial charge in [-0.05, 0) is 52.9 Å². The Hall–Kier alpha value is -1.34. The van der Waals surface area contributed by atoms with Gasteiger partial charge >= 0.3 is 0 Å². The third-order valence-corrected chi connectivity index (χ3v) is 4.15. The van der Waals surface area contributed by atoms with Gasteiger partial charge in [0.1, 0.15) is 11.6 Å². The fourth-order valence-electron chi connectivity index (χ4n) is 1.94. The van der Waals surface area contributed by atoms with Crippen molar-refractivity contribution >= 4 is 51.2 Å². The molecule has 0 saturated heterocycles. The lowest BCUT2D eigenvalue weighted by molar-refractivity contribution is 1.08. The highest BCUT2D eigenvalue weighted by molar-refractivity contribution is 14.1. The number of anilines is 1. The molecule has 0 unspecified atom stereocenters. The average molecular weight is 399 g/mol. The number of pyridine rings is 1. The van der Waals surface area contributed by atoms with Gasteiger partial charge in [0, 0.05) is 28.3 Å². The lowest BCUT2D eigenvalue weighted by atomic mass is 10.2. The van der Waals surface area contributed by atoms with Crippen molar-refractivity contribution in [2.75, 3.05) is 19.0 Å². The van der Waals surface area contributed by atoms with E-state index < -0.39 is 0 Å². The smallest absolute Gasteiger partial charge is 0.180 e. The summed E-state index contributed by atoms with van der Waals surface area (Å²) in [5.41, 5.74) is 2.62. The second kappa shape index (κ2) is 5.21. The van der Waals surface area contributed by atoms with Crippen molar-refractivity contribution in [1.82, 2.24) is 15.0 Å². The van der Waals surface area contributed by atoms with Crippen molar-refractivity contribution in [3.8, 4) is 11.4 Å². The van der Waals surface area contributed by atoms with E-state index in [1.807, 2.05) is 49.3 Å². The predicted octanol–water partition coefficient (Wildman–Crippen LogP) is 3.95. The minimum atomic E-state index is 0.697. The molecule has 1 aromatic carbocycles. The van der Waals surface area contributed by atoms with Gasteiger partial charge in [0.25, 0.3) is 0 Å². The third kappa shape index (κ3) is 2.47. The van der Waals surface area contributed by atoms with E-state index in [-0.39, 0.29) is 0 Å². The maximum absolute atomic E-state index is 6.06. The molecule has 0 aliphatic rings. The van der Waals surface area contributed by atoms with Gasteiger partial charge in [0.15, 0.2) is 5.65 Å². The molecule has 0 radical (unpaired) electrons. The number of benzene rings is 1. The molecule has 0 atom stereocenters. The molecule has 1 N–H and O–H groups in total. The van der Waals surface area contributed by atoms with Gasteiger partial charge in [-0.15, -0.1) is 0 Å². The Morgan fingerprint density at radius 1 is 1.15 bits per heavy atom. The highest BCUT2D eigenvalue weighted by atomic mass is 127. The van der Waals surface area contributed by atoms with Gasteiger partial charge < -0.3 is 9.88 Å². The Morgan fingerprint density at radius 3 is 2.70 bits per heavy atom. The number of fused-ring (bicyclic) bond motifs is 1. The number of hydrogen-bond donors (Lipinski definition) is 1. The van der Waals surface area contributed by atoms with Crippen molar-refractivity contribution in [1.29, 1.82) is 0 Å². The zero-order valence-electron chi connectivity index (χ0n) is 11.0. The van der Waals surface area contributed by atoms with Gasteiger partial charge in [-0.3, -0.25) is 0 Å². The SMILES string of the molecule is CN(C)c1ccc2[nH]c(-c3cc(Cl)ccc3I)nc2n1. The molecule has 0 saturated carbocycles. The number of aromatic amines is 1. The fraction of sp³-hybridized carbons (Fsp3) is 0.143. The van der Waals surface area contributed by atoms with Crippen LogP contribution in [0.1, 0.15) is 0 Å². The maximum Gasteiger partial charge on any atom is 0.180 e. The molecule has 0 fully saturated rings. The molecule has 3 aromatic rings. The second-order valence-corrected chi connectivity index (χ2v) is 6.24. The summed E-state index contributed by atoms with van der Waals surface area (Å²) < 4.78 is 1.10. The summed E-state index contributed by atoms with van der Waals surface area (Å²) in [5.74, 6) is 1.67. The minimum Gasteiger partial charge on any atom is -0.363 e. The van der Waals surface area contributed by atoms with Crippen LogP contribution in [0.15, 0.2) is 30.3 Å². The molecule has 102 valence electrons. The molecule has 4 nitrogen and oxygen atoms in total. The van der Waals surface area contributed by atoms with Crippen LogP contribution in [0.5, 0.6) is 0 Å². The Balaban J connectivity index is 2.15. The van der Waals surface area contributed by atoms with Crippen LogP contribution in [0.4, 0.5) is 5.82 Å². The third-order valence-electron chi connectivity index (χ3n) is 2.97. The van der Waals surface area contributed by atoms with Crippen LogP contribution in [-0.2, 0) is 0 Å². The molecule has 2 heterocycles. The van der Waals surface area contributed by atoms with Gasteiger partial charge in [-0.25, -0.2) is 9.97 Å². The number of nitrogens with one attached hydrogen (secondary N) is 1. The van der Waals surface area contributed by atoms with Crippen LogP contribution in [0.25, 0.3) is 22.6 Å². The predicted molar refractivity (Wildman–Crippen MR) is 91.4 cm³/mol. The quantitative estimate of drug-likeness (QED) is 0.665. The maximum atomic E-state index is 6.06. The summed E-state index contributed by atoms with van der Waals surface area (Å²) in [6.07, 6.45) is 0. The van der Waals surface area contributed by atoms with E-state index in [9.17, 15) is 0 Å². The number of hydrogen-bond acceptors (Lipinski definition) is 3. The number of rotatable bonds is 2. The number of halogens is 2. The Kier molecular flexibility index (Phi) is 3.55. The van der Waals surface area contributed by atoms with E-state index in [1.54, 1.807) is 0 Å².